The van der Waals surface area contributed by atoms with Gasteiger partial charge in [-0.3, -0.25) is 4.68 Å². The zero-order valence-electron chi connectivity index (χ0n) is 7.94. The third-order valence-corrected chi connectivity index (χ3v) is 2.38. The molecular formula is C11H11ClN2. The predicted octanol–water partition coefficient (Wildman–Crippen LogP) is 2.83. The third-order valence-electron chi connectivity index (χ3n) is 2.10. The first-order valence-electron chi connectivity index (χ1n) is 4.45. The van der Waals surface area contributed by atoms with Gasteiger partial charge in [0.15, 0.2) is 0 Å². The maximum atomic E-state index is 5.84. The average molecular weight is 207 g/mol. The Bertz CT molecular complexity index is 420. The Morgan fingerprint density at radius 1 is 1.29 bits per heavy atom. The van der Waals surface area contributed by atoms with Crippen molar-refractivity contribution in [2.75, 3.05) is 0 Å². The fourth-order valence-corrected chi connectivity index (χ4v) is 1.67. The van der Waals surface area contributed by atoms with Gasteiger partial charge in [-0.2, -0.15) is 5.10 Å². The molecule has 72 valence electrons. The van der Waals surface area contributed by atoms with Crippen LogP contribution in [0, 0.1) is 0 Å². The Morgan fingerprint density at radius 3 is 2.64 bits per heavy atom. The highest BCUT2D eigenvalue weighted by molar-refractivity contribution is 6.17. The van der Waals surface area contributed by atoms with Gasteiger partial charge < -0.3 is 0 Å². The minimum Gasteiger partial charge on any atom is -0.275 e. The van der Waals surface area contributed by atoms with Gasteiger partial charge in [0.05, 0.1) is 11.6 Å². The summed E-state index contributed by atoms with van der Waals surface area (Å²) in [6, 6.07) is 10.1. The number of rotatable bonds is 2. The van der Waals surface area contributed by atoms with Crippen LogP contribution in [0.1, 0.15) is 5.56 Å². The second-order valence-corrected chi connectivity index (χ2v) is 3.44. The lowest BCUT2D eigenvalue weighted by atomic mass is 10.1. The van der Waals surface area contributed by atoms with Crippen LogP contribution >= 0.6 is 11.6 Å². The van der Waals surface area contributed by atoms with Crippen LogP contribution in [0.4, 0.5) is 0 Å². The SMILES string of the molecule is Cn1cc(CCl)c(-c2ccccc2)n1. The summed E-state index contributed by atoms with van der Waals surface area (Å²) in [6.45, 7) is 0. The van der Waals surface area contributed by atoms with Gasteiger partial charge in [0.2, 0.25) is 0 Å². The second-order valence-electron chi connectivity index (χ2n) is 3.18. The van der Waals surface area contributed by atoms with E-state index in [4.69, 9.17) is 11.6 Å². The van der Waals surface area contributed by atoms with Gasteiger partial charge in [-0.15, -0.1) is 11.6 Å². The maximum absolute atomic E-state index is 5.84. The molecule has 0 spiro atoms. The lowest BCUT2D eigenvalue weighted by molar-refractivity contribution is 0.770. The molecule has 2 rings (SSSR count). The van der Waals surface area contributed by atoms with E-state index in [-0.39, 0.29) is 0 Å². The molecule has 14 heavy (non-hydrogen) atoms. The van der Waals surface area contributed by atoms with Crippen molar-refractivity contribution in [3.63, 3.8) is 0 Å². The molecule has 0 aliphatic rings. The van der Waals surface area contributed by atoms with Crippen molar-refractivity contribution in [1.29, 1.82) is 0 Å². The number of aryl methyl sites for hydroxylation is 1. The highest BCUT2D eigenvalue weighted by atomic mass is 35.5. The Balaban J connectivity index is 2.51. The number of hydrogen-bond acceptors (Lipinski definition) is 1. The molecule has 0 atom stereocenters. The zero-order chi connectivity index (χ0) is 9.97. The molecule has 0 saturated heterocycles. The largest absolute Gasteiger partial charge is 0.275 e. The van der Waals surface area contributed by atoms with Crippen LogP contribution in [-0.4, -0.2) is 9.78 Å². The Hall–Kier alpha value is -1.28. The van der Waals surface area contributed by atoms with E-state index in [0.29, 0.717) is 5.88 Å². The van der Waals surface area contributed by atoms with Crippen LogP contribution < -0.4 is 0 Å². The van der Waals surface area contributed by atoms with E-state index in [2.05, 4.69) is 5.10 Å². The average Bonchev–Trinajstić information content (AvgIpc) is 2.61. The molecule has 0 amide bonds. The Morgan fingerprint density at radius 2 is 2.00 bits per heavy atom. The van der Waals surface area contributed by atoms with E-state index in [1.807, 2.05) is 43.6 Å². The summed E-state index contributed by atoms with van der Waals surface area (Å²) < 4.78 is 1.79. The zero-order valence-corrected chi connectivity index (χ0v) is 8.70. The molecule has 0 aliphatic carbocycles. The van der Waals surface area contributed by atoms with Gasteiger partial charge in [0, 0.05) is 24.4 Å². The Labute approximate surface area is 88.1 Å². The maximum Gasteiger partial charge on any atom is 0.0967 e. The van der Waals surface area contributed by atoms with E-state index in [0.717, 1.165) is 16.8 Å². The second kappa shape index (κ2) is 3.84. The fraction of sp³-hybridized carbons (Fsp3) is 0.182. The van der Waals surface area contributed by atoms with Crippen molar-refractivity contribution in [2.45, 2.75) is 5.88 Å². The van der Waals surface area contributed by atoms with Crippen LogP contribution in [0.2, 0.25) is 0 Å². The van der Waals surface area contributed by atoms with Gasteiger partial charge in [0.25, 0.3) is 0 Å². The molecule has 3 heteroatoms. The minimum absolute atomic E-state index is 0.498. The molecule has 0 N–H and O–H groups in total. The molecule has 0 aliphatic heterocycles. The molecule has 0 saturated carbocycles. The molecule has 0 fully saturated rings. The first-order chi connectivity index (χ1) is 6.81. The third kappa shape index (κ3) is 1.66. The van der Waals surface area contributed by atoms with Gasteiger partial charge in [-0.25, -0.2) is 0 Å². The summed E-state index contributed by atoms with van der Waals surface area (Å²) >= 11 is 5.84. The summed E-state index contributed by atoms with van der Waals surface area (Å²) in [6.07, 6.45) is 1.95. The van der Waals surface area contributed by atoms with Crippen molar-refractivity contribution >= 4 is 11.6 Å². The van der Waals surface area contributed by atoms with Crippen LogP contribution in [-0.2, 0) is 12.9 Å². The summed E-state index contributed by atoms with van der Waals surface area (Å²) in [5.74, 6) is 0.498. The van der Waals surface area contributed by atoms with Crippen LogP contribution in [0.15, 0.2) is 36.5 Å². The summed E-state index contributed by atoms with van der Waals surface area (Å²) in [7, 11) is 1.91. The lowest BCUT2D eigenvalue weighted by Crippen LogP contribution is -1.87. The van der Waals surface area contributed by atoms with E-state index in [1.165, 1.54) is 0 Å². The van der Waals surface area contributed by atoms with Gasteiger partial charge in [0.1, 0.15) is 0 Å². The van der Waals surface area contributed by atoms with Crippen LogP contribution in [0.25, 0.3) is 11.3 Å². The lowest BCUT2D eigenvalue weighted by Gasteiger charge is -1.97. The summed E-state index contributed by atoms with van der Waals surface area (Å²) in [5.41, 5.74) is 3.16. The van der Waals surface area contributed by atoms with E-state index in [9.17, 15) is 0 Å². The van der Waals surface area contributed by atoms with Crippen molar-refractivity contribution in [1.82, 2.24) is 9.78 Å². The minimum atomic E-state index is 0.498. The number of nitrogens with zero attached hydrogens (tertiary/aromatic N) is 2. The monoisotopic (exact) mass is 206 g/mol. The molecule has 1 heterocycles. The number of hydrogen-bond donors (Lipinski definition) is 0. The number of alkyl halides is 1. The van der Waals surface area contributed by atoms with Crippen molar-refractivity contribution in [2.24, 2.45) is 7.05 Å². The van der Waals surface area contributed by atoms with E-state index >= 15 is 0 Å². The molecule has 0 bridgehead atoms. The van der Waals surface area contributed by atoms with Crippen molar-refractivity contribution < 1.29 is 0 Å². The first kappa shape index (κ1) is 9.28. The molecule has 2 aromatic rings. The number of aromatic nitrogens is 2. The van der Waals surface area contributed by atoms with Crippen molar-refractivity contribution in [3.8, 4) is 11.3 Å². The van der Waals surface area contributed by atoms with Crippen LogP contribution in [0.5, 0.6) is 0 Å². The molecule has 0 unspecified atom stereocenters. The summed E-state index contributed by atoms with van der Waals surface area (Å²) in [4.78, 5) is 0. The van der Waals surface area contributed by atoms with Crippen molar-refractivity contribution in [3.05, 3.63) is 42.1 Å². The topological polar surface area (TPSA) is 17.8 Å². The number of halogens is 1. The molecule has 2 nitrogen and oxygen atoms in total. The highest BCUT2D eigenvalue weighted by Gasteiger charge is 2.07. The predicted molar refractivity (Wildman–Crippen MR) is 58.2 cm³/mol. The fourth-order valence-electron chi connectivity index (χ4n) is 1.47. The van der Waals surface area contributed by atoms with E-state index < -0.39 is 0 Å². The number of benzene rings is 1. The quantitative estimate of drug-likeness (QED) is 0.691. The highest BCUT2D eigenvalue weighted by Crippen LogP contribution is 2.22. The normalized spacial score (nSPS) is 10.4. The molecular weight excluding hydrogens is 196 g/mol. The molecule has 1 aromatic heterocycles. The van der Waals surface area contributed by atoms with E-state index in [1.54, 1.807) is 4.68 Å². The molecule has 1 aromatic carbocycles. The molecule has 0 radical (unpaired) electrons. The van der Waals surface area contributed by atoms with Crippen LogP contribution in [0.3, 0.4) is 0 Å². The first-order valence-corrected chi connectivity index (χ1v) is 4.98. The summed E-state index contributed by atoms with van der Waals surface area (Å²) in [5, 5.41) is 4.38. The van der Waals surface area contributed by atoms with Gasteiger partial charge >= 0.3 is 0 Å². The Kier molecular flexibility index (Phi) is 2.55. The van der Waals surface area contributed by atoms with Gasteiger partial charge in [-0.1, -0.05) is 30.3 Å². The smallest absolute Gasteiger partial charge is 0.0967 e. The van der Waals surface area contributed by atoms with Gasteiger partial charge in [-0.05, 0) is 0 Å². The standard InChI is InChI=1S/C11H11ClN2/c1-14-8-10(7-12)11(13-14)9-5-3-2-4-6-9/h2-6,8H,7H2,1H3.